The fourth-order valence-electron chi connectivity index (χ4n) is 2.19. The van der Waals surface area contributed by atoms with Crippen LogP contribution in [-0.2, 0) is 13.1 Å². The number of aromatic nitrogens is 2. The summed E-state index contributed by atoms with van der Waals surface area (Å²) in [4.78, 5) is 11.8. The third kappa shape index (κ3) is 2.80. The highest BCUT2D eigenvalue weighted by atomic mass is 32.1. The van der Waals surface area contributed by atoms with Crippen LogP contribution in [0.4, 0.5) is 0 Å². The summed E-state index contributed by atoms with van der Waals surface area (Å²) in [5.74, 6) is 0. The number of hydrogen-bond donors (Lipinski definition) is 0. The van der Waals surface area contributed by atoms with Crippen molar-refractivity contribution >= 4 is 21.6 Å². The molecular weight excluding hydrogens is 254 g/mol. The van der Waals surface area contributed by atoms with Crippen LogP contribution in [0.25, 0.3) is 10.2 Å². The van der Waals surface area contributed by atoms with Gasteiger partial charge in [-0.1, -0.05) is 30.3 Å². The molecule has 96 valence electrons. The lowest BCUT2D eigenvalue weighted by Crippen LogP contribution is -2.16. The zero-order chi connectivity index (χ0) is 13.1. The molecule has 0 radical (unpaired) electrons. The maximum atomic E-state index is 4.28. The molecule has 0 spiro atoms. The Hall–Kier alpha value is -1.78. The summed E-state index contributed by atoms with van der Waals surface area (Å²) >= 11 is 1.68. The van der Waals surface area contributed by atoms with Crippen LogP contribution >= 0.6 is 11.3 Å². The summed E-state index contributed by atoms with van der Waals surface area (Å²) in [5.41, 5.74) is 2.64. The van der Waals surface area contributed by atoms with Gasteiger partial charge in [-0.25, -0.2) is 9.97 Å². The van der Waals surface area contributed by atoms with Gasteiger partial charge in [-0.05, 0) is 23.6 Å². The first kappa shape index (κ1) is 12.3. The molecule has 0 N–H and O–H groups in total. The van der Waals surface area contributed by atoms with Crippen molar-refractivity contribution in [2.24, 2.45) is 0 Å². The minimum atomic E-state index is 0.919. The van der Waals surface area contributed by atoms with E-state index in [0.717, 1.165) is 17.9 Å². The molecule has 0 saturated carbocycles. The van der Waals surface area contributed by atoms with Gasteiger partial charge in [0.1, 0.15) is 11.2 Å². The Balaban J connectivity index is 1.74. The van der Waals surface area contributed by atoms with Crippen molar-refractivity contribution in [2.75, 3.05) is 7.05 Å². The molecule has 2 aromatic heterocycles. The van der Waals surface area contributed by atoms with E-state index in [1.165, 1.54) is 16.5 Å². The van der Waals surface area contributed by atoms with E-state index in [1.807, 2.05) is 12.3 Å². The van der Waals surface area contributed by atoms with Crippen LogP contribution in [0.2, 0.25) is 0 Å². The Bertz CT molecular complexity index is 663. The Morgan fingerprint density at radius 2 is 2.00 bits per heavy atom. The molecule has 0 aliphatic heterocycles. The fourth-order valence-corrected chi connectivity index (χ4v) is 3.06. The first-order chi connectivity index (χ1) is 9.33. The average Bonchev–Trinajstić information content (AvgIpc) is 2.83. The lowest BCUT2D eigenvalue weighted by Gasteiger charge is -2.16. The second-order valence-corrected chi connectivity index (χ2v) is 5.52. The van der Waals surface area contributed by atoms with Crippen molar-refractivity contribution in [3.8, 4) is 0 Å². The molecule has 0 aliphatic rings. The number of nitrogens with zero attached hydrogens (tertiary/aromatic N) is 3. The third-order valence-corrected chi connectivity index (χ3v) is 4.02. The highest BCUT2D eigenvalue weighted by Gasteiger charge is 2.08. The molecule has 0 amide bonds. The molecule has 1 aromatic carbocycles. The Morgan fingerprint density at radius 3 is 2.84 bits per heavy atom. The van der Waals surface area contributed by atoms with Crippen LogP contribution in [0.5, 0.6) is 0 Å². The molecule has 0 saturated heterocycles. The molecular formula is C15H15N3S. The number of rotatable bonds is 4. The maximum Gasteiger partial charge on any atom is 0.126 e. The first-order valence-corrected chi connectivity index (χ1v) is 7.09. The highest BCUT2D eigenvalue weighted by Crippen LogP contribution is 2.24. The molecule has 3 aromatic rings. The molecule has 0 bridgehead atoms. The zero-order valence-corrected chi connectivity index (χ0v) is 11.6. The summed E-state index contributed by atoms with van der Waals surface area (Å²) in [6.45, 7) is 1.87. The van der Waals surface area contributed by atoms with E-state index in [1.54, 1.807) is 17.7 Å². The quantitative estimate of drug-likeness (QED) is 0.727. The van der Waals surface area contributed by atoms with Crippen LogP contribution < -0.4 is 0 Å². The topological polar surface area (TPSA) is 29.0 Å². The van der Waals surface area contributed by atoms with Crippen molar-refractivity contribution in [2.45, 2.75) is 13.1 Å². The lowest BCUT2D eigenvalue weighted by molar-refractivity contribution is 0.320. The summed E-state index contributed by atoms with van der Waals surface area (Å²) in [6.07, 6.45) is 3.51. The molecule has 0 unspecified atom stereocenters. The number of hydrogen-bond acceptors (Lipinski definition) is 4. The second-order valence-electron chi connectivity index (χ2n) is 4.66. The van der Waals surface area contributed by atoms with E-state index in [0.29, 0.717) is 0 Å². The minimum absolute atomic E-state index is 0.919. The first-order valence-electron chi connectivity index (χ1n) is 6.21. The molecule has 0 fully saturated rings. The van der Waals surface area contributed by atoms with Gasteiger partial charge in [-0.15, -0.1) is 11.3 Å². The fraction of sp³-hybridized carbons (Fsp3) is 0.200. The largest absolute Gasteiger partial charge is 0.298 e. The van der Waals surface area contributed by atoms with Gasteiger partial charge in [0.25, 0.3) is 0 Å². The molecule has 2 heterocycles. The minimum Gasteiger partial charge on any atom is -0.298 e. The van der Waals surface area contributed by atoms with Crippen LogP contribution in [0.1, 0.15) is 11.1 Å². The van der Waals surface area contributed by atoms with E-state index in [-0.39, 0.29) is 0 Å². The second kappa shape index (κ2) is 5.47. The lowest BCUT2D eigenvalue weighted by atomic mass is 10.2. The molecule has 19 heavy (non-hydrogen) atoms. The number of benzene rings is 1. The zero-order valence-electron chi connectivity index (χ0n) is 10.8. The van der Waals surface area contributed by atoms with Crippen molar-refractivity contribution in [3.05, 3.63) is 59.4 Å². The molecule has 4 heteroatoms. The van der Waals surface area contributed by atoms with Crippen molar-refractivity contribution in [3.63, 3.8) is 0 Å². The van der Waals surface area contributed by atoms with Gasteiger partial charge in [0, 0.05) is 24.7 Å². The van der Waals surface area contributed by atoms with E-state index in [9.17, 15) is 0 Å². The summed E-state index contributed by atoms with van der Waals surface area (Å²) < 4.78 is 0. The van der Waals surface area contributed by atoms with Crippen molar-refractivity contribution in [1.82, 2.24) is 14.9 Å². The summed E-state index contributed by atoms with van der Waals surface area (Å²) in [6, 6.07) is 10.5. The van der Waals surface area contributed by atoms with Crippen molar-refractivity contribution < 1.29 is 0 Å². The maximum absolute atomic E-state index is 4.28. The van der Waals surface area contributed by atoms with Crippen LogP contribution in [0.3, 0.4) is 0 Å². The van der Waals surface area contributed by atoms with Gasteiger partial charge in [-0.2, -0.15) is 0 Å². The Labute approximate surface area is 116 Å². The Morgan fingerprint density at radius 1 is 1.16 bits per heavy atom. The van der Waals surface area contributed by atoms with Gasteiger partial charge >= 0.3 is 0 Å². The standard InChI is InChI=1S/C15H15N3S/c1-18(8-12-5-3-2-4-6-12)9-13-10-19-15-14(13)7-16-11-17-15/h2-7,10-11H,8-9H2,1H3. The average molecular weight is 269 g/mol. The summed E-state index contributed by atoms with van der Waals surface area (Å²) in [7, 11) is 2.14. The van der Waals surface area contributed by atoms with Crippen LogP contribution in [0, 0.1) is 0 Å². The molecule has 3 nitrogen and oxygen atoms in total. The molecule has 3 rings (SSSR count). The monoisotopic (exact) mass is 269 g/mol. The van der Waals surface area contributed by atoms with Gasteiger partial charge in [-0.3, -0.25) is 4.90 Å². The van der Waals surface area contributed by atoms with Gasteiger partial charge < -0.3 is 0 Å². The Kier molecular flexibility index (Phi) is 3.53. The molecule has 0 atom stereocenters. The van der Waals surface area contributed by atoms with E-state index in [2.05, 4.69) is 51.6 Å². The summed E-state index contributed by atoms with van der Waals surface area (Å²) in [5, 5.41) is 3.35. The van der Waals surface area contributed by atoms with Crippen LogP contribution in [-0.4, -0.2) is 21.9 Å². The third-order valence-electron chi connectivity index (χ3n) is 3.07. The van der Waals surface area contributed by atoms with Crippen LogP contribution in [0.15, 0.2) is 48.2 Å². The SMILES string of the molecule is CN(Cc1ccccc1)Cc1csc2ncncc12. The molecule has 0 aliphatic carbocycles. The van der Waals surface area contributed by atoms with Gasteiger partial charge in [0.2, 0.25) is 0 Å². The van der Waals surface area contributed by atoms with Crippen molar-refractivity contribution in [1.29, 1.82) is 0 Å². The predicted molar refractivity (Wildman–Crippen MR) is 79.0 cm³/mol. The highest BCUT2D eigenvalue weighted by molar-refractivity contribution is 7.16. The normalized spacial score (nSPS) is 11.3. The van der Waals surface area contributed by atoms with Gasteiger partial charge in [0.15, 0.2) is 0 Å². The smallest absolute Gasteiger partial charge is 0.126 e. The predicted octanol–water partition coefficient (Wildman–Crippen LogP) is 3.32. The number of fused-ring (bicyclic) bond motifs is 1. The van der Waals surface area contributed by atoms with E-state index < -0.39 is 0 Å². The van der Waals surface area contributed by atoms with E-state index in [4.69, 9.17) is 0 Å². The van der Waals surface area contributed by atoms with Gasteiger partial charge in [0.05, 0.1) is 0 Å². The number of thiophene rings is 1. The van der Waals surface area contributed by atoms with E-state index >= 15 is 0 Å².